The summed E-state index contributed by atoms with van der Waals surface area (Å²) in [5, 5.41) is 0. The topological polar surface area (TPSA) is 79.4 Å². The van der Waals surface area contributed by atoms with E-state index in [0.717, 1.165) is 85.1 Å². The van der Waals surface area contributed by atoms with Crippen molar-refractivity contribution in [2.45, 2.75) is 76.7 Å². The van der Waals surface area contributed by atoms with Gasteiger partial charge in [-0.15, -0.1) is 0 Å². The van der Waals surface area contributed by atoms with Crippen molar-refractivity contribution in [3.05, 3.63) is 42.0 Å². The monoisotopic (exact) mass is 489 g/mol. The van der Waals surface area contributed by atoms with Crippen molar-refractivity contribution >= 4 is 16.9 Å². The van der Waals surface area contributed by atoms with Crippen LogP contribution in [0, 0.1) is 18.8 Å². The number of imidazole rings is 1. The number of aromatic nitrogens is 2. The average Bonchev–Trinajstić information content (AvgIpc) is 3.31. The number of methoxy groups -OCH3 is 2. The number of para-hydroxylation sites is 1. The number of primary amides is 1. The second kappa shape index (κ2) is 10.2. The maximum Gasteiger partial charge on any atom is 0.244 e. The lowest BCUT2D eigenvalue weighted by Gasteiger charge is -2.48. The van der Waals surface area contributed by atoms with Crippen molar-refractivity contribution in [1.29, 1.82) is 0 Å². The summed E-state index contributed by atoms with van der Waals surface area (Å²) in [7, 11) is 3.32. The van der Waals surface area contributed by atoms with E-state index in [1.807, 2.05) is 18.2 Å². The van der Waals surface area contributed by atoms with E-state index in [1.54, 1.807) is 14.2 Å². The van der Waals surface area contributed by atoms with Gasteiger partial charge in [0.2, 0.25) is 5.91 Å². The Morgan fingerprint density at radius 3 is 2.14 bits per heavy atom. The fraction of sp³-hybridized carbons (Fsp3) is 0.533. The average molecular weight is 490 g/mol. The molecule has 3 aromatic rings. The molecule has 2 aromatic carbocycles. The second-order valence-corrected chi connectivity index (χ2v) is 10.6. The number of fused-ring (bicyclic) bond motifs is 1. The summed E-state index contributed by atoms with van der Waals surface area (Å²) in [5.41, 5.74) is 9.59. The molecular weight excluding hydrogens is 450 g/mol. The summed E-state index contributed by atoms with van der Waals surface area (Å²) in [4.78, 5) is 19.2. The minimum atomic E-state index is -0.830. The standard InChI is InChI=1S/C30H39N3O3/c1-20-11-10-16-25-27(20)32-28(24-18-17-23(35-2)19-26(24)36-3)33(25)30(29(31)34,21-12-6-4-7-13-21)22-14-8-5-9-15-22/h10-11,16-19,21-22H,4-9,12-15H2,1-3H3,(H2,31,34). The lowest BCUT2D eigenvalue weighted by Crippen LogP contribution is -2.58. The third-order valence-corrected chi connectivity index (χ3v) is 8.76. The Morgan fingerprint density at radius 1 is 0.944 bits per heavy atom. The molecular formula is C30H39N3O3. The molecule has 0 radical (unpaired) electrons. The highest BCUT2D eigenvalue weighted by atomic mass is 16.5. The van der Waals surface area contributed by atoms with Gasteiger partial charge in [-0.05, 0) is 68.2 Å². The van der Waals surface area contributed by atoms with E-state index in [1.165, 1.54) is 12.8 Å². The van der Waals surface area contributed by atoms with E-state index in [0.29, 0.717) is 5.75 Å². The predicted molar refractivity (Wildman–Crippen MR) is 143 cm³/mol. The van der Waals surface area contributed by atoms with Gasteiger partial charge in [0.25, 0.3) is 0 Å². The van der Waals surface area contributed by atoms with Gasteiger partial charge in [0, 0.05) is 6.07 Å². The number of hydrogen-bond acceptors (Lipinski definition) is 4. The number of benzene rings is 2. The number of carbonyl (C=O) groups is 1. The third kappa shape index (κ3) is 3.95. The molecule has 5 rings (SSSR count). The highest BCUT2D eigenvalue weighted by molar-refractivity contribution is 5.91. The molecule has 2 aliphatic carbocycles. The highest BCUT2D eigenvalue weighted by Gasteiger charge is 2.53. The summed E-state index contributed by atoms with van der Waals surface area (Å²) in [6.07, 6.45) is 11.1. The smallest absolute Gasteiger partial charge is 0.244 e. The number of amides is 1. The van der Waals surface area contributed by atoms with Crippen molar-refractivity contribution in [3.8, 4) is 22.9 Å². The number of aryl methyl sites for hydroxylation is 1. The van der Waals surface area contributed by atoms with Crippen LogP contribution in [0.2, 0.25) is 0 Å². The van der Waals surface area contributed by atoms with E-state index in [4.69, 9.17) is 20.2 Å². The molecule has 1 heterocycles. The summed E-state index contributed by atoms with van der Waals surface area (Å²) in [5.74, 6) is 2.31. The van der Waals surface area contributed by atoms with Crippen molar-refractivity contribution in [1.82, 2.24) is 9.55 Å². The summed E-state index contributed by atoms with van der Waals surface area (Å²) in [6.45, 7) is 2.09. The second-order valence-electron chi connectivity index (χ2n) is 10.6. The van der Waals surface area contributed by atoms with Gasteiger partial charge < -0.3 is 19.8 Å². The number of hydrogen-bond donors (Lipinski definition) is 1. The first-order chi connectivity index (χ1) is 17.5. The summed E-state index contributed by atoms with van der Waals surface area (Å²) < 4.78 is 13.6. The molecule has 1 aromatic heterocycles. The molecule has 36 heavy (non-hydrogen) atoms. The van der Waals surface area contributed by atoms with Crippen LogP contribution in [0.4, 0.5) is 0 Å². The van der Waals surface area contributed by atoms with Crippen LogP contribution in [0.5, 0.6) is 11.5 Å². The number of rotatable bonds is 7. The molecule has 2 saturated carbocycles. The maximum absolute atomic E-state index is 14.0. The van der Waals surface area contributed by atoms with Crippen LogP contribution in [0.1, 0.15) is 69.8 Å². The van der Waals surface area contributed by atoms with Gasteiger partial charge >= 0.3 is 0 Å². The van der Waals surface area contributed by atoms with Crippen LogP contribution in [0.15, 0.2) is 36.4 Å². The van der Waals surface area contributed by atoms with E-state index >= 15 is 0 Å². The van der Waals surface area contributed by atoms with Gasteiger partial charge in [0.15, 0.2) is 0 Å². The van der Waals surface area contributed by atoms with Gasteiger partial charge in [-0.2, -0.15) is 0 Å². The largest absolute Gasteiger partial charge is 0.497 e. The molecule has 192 valence electrons. The molecule has 6 nitrogen and oxygen atoms in total. The van der Waals surface area contributed by atoms with Crippen molar-refractivity contribution in [2.24, 2.45) is 17.6 Å². The Bertz CT molecular complexity index is 1220. The van der Waals surface area contributed by atoms with Gasteiger partial charge in [-0.1, -0.05) is 50.7 Å². The number of nitrogens with two attached hydrogens (primary N) is 1. The first-order valence-corrected chi connectivity index (χ1v) is 13.5. The molecule has 0 spiro atoms. The van der Waals surface area contributed by atoms with Gasteiger partial charge in [-0.25, -0.2) is 4.98 Å². The van der Waals surface area contributed by atoms with E-state index in [9.17, 15) is 4.79 Å². The Balaban J connectivity index is 1.87. The Kier molecular flexibility index (Phi) is 6.96. The van der Waals surface area contributed by atoms with Gasteiger partial charge in [0.1, 0.15) is 22.9 Å². The van der Waals surface area contributed by atoms with Gasteiger partial charge in [0.05, 0.1) is 30.8 Å². The SMILES string of the molecule is COc1ccc(-c2nc3c(C)cccc3n2C(C(N)=O)(C2CCCCC2)C2CCCCC2)c(OC)c1. The number of carbonyl (C=O) groups excluding carboxylic acids is 1. The van der Waals surface area contributed by atoms with E-state index in [-0.39, 0.29) is 17.7 Å². The number of ether oxygens (including phenoxy) is 2. The van der Waals surface area contributed by atoms with Crippen LogP contribution in [-0.4, -0.2) is 29.7 Å². The summed E-state index contributed by atoms with van der Waals surface area (Å²) in [6, 6.07) is 12.1. The van der Waals surface area contributed by atoms with Crippen molar-refractivity contribution in [2.75, 3.05) is 14.2 Å². The first-order valence-electron chi connectivity index (χ1n) is 13.5. The zero-order valence-corrected chi connectivity index (χ0v) is 21.9. The molecule has 1 amide bonds. The quantitative estimate of drug-likeness (QED) is 0.418. The molecule has 0 bridgehead atoms. The molecule has 2 fully saturated rings. The molecule has 0 aliphatic heterocycles. The lowest BCUT2D eigenvalue weighted by atomic mass is 9.63. The van der Waals surface area contributed by atoms with Crippen LogP contribution in [0.3, 0.4) is 0 Å². The highest BCUT2D eigenvalue weighted by Crippen LogP contribution is 2.51. The maximum atomic E-state index is 14.0. The van der Waals surface area contributed by atoms with Crippen LogP contribution < -0.4 is 15.2 Å². The van der Waals surface area contributed by atoms with Crippen LogP contribution in [0.25, 0.3) is 22.4 Å². The third-order valence-electron chi connectivity index (χ3n) is 8.76. The minimum Gasteiger partial charge on any atom is -0.497 e. The fourth-order valence-electron chi connectivity index (χ4n) is 7.07. The molecule has 0 atom stereocenters. The molecule has 6 heteroatoms. The van der Waals surface area contributed by atoms with E-state index < -0.39 is 5.54 Å². The lowest BCUT2D eigenvalue weighted by molar-refractivity contribution is -0.135. The Labute approximate surface area is 214 Å². The molecule has 0 saturated heterocycles. The van der Waals surface area contributed by atoms with Crippen LogP contribution in [-0.2, 0) is 10.3 Å². The molecule has 2 aliphatic rings. The molecule has 2 N–H and O–H groups in total. The van der Waals surface area contributed by atoms with Crippen LogP contribution >= 0.6 is 0 Å². The minimum absolute atomic E-state index is 0.188. The molecule has 0 unspecified atom stereocenters. The Hall–Kier alpha value is -3.02. The van der Waals surface area contributed by atoms with Gasteiger partial charge in [-0.3, -0.25) is 4.79 Å². The normalized spacial score (nSPS) is 17.9. The predicted octanol–water partition coefficient (Wildman–Crippen LogP) is 6.37. The van der Waals surface area contributed by atoms with E-state index in [2.05, 4.69) is 29.7 Å². The first kappa shape index (κ1) is 24.7. The fourth-order valence-corrected chi connectivity index (χ4v) is 7.07. The zero-order valence-electron chi connectivity index (χ0n) is 21.9. The van der Waals surface area contributed by atoms with Crippen molar-refractivity contribution in [3.63, 3.8) is 0 Å². The summed E-state index contributed by atoms with van der Waals surface area (Å²) >= 11 is 0. The van der Waals surface area contributed by atoms with Crippen molar-refractivity contribution < 1.29 is 14.3 Å². The zero-order chi connectivity index (χ0) is 25.3. The Morgan fingerprint density at radius 2 is 1.58 bits per heavy atom. The number of nitrogens with zero attached hydrogens (tertiary/aromatic N) is 2.